The molecule has 0 saturated heterocycles. The lowest BCUT2D eigenvalue weighted by Gasteiger charge is -2.11. The van der Waals surface area contributed by atoms with E-state index in [-0.39, 0.29) is 0 Å². The summed E-state index contributed by atoms with van der Waals surface area (Å²) in [5.41, 5.74) is 7.19. The summed E-state index contributed by atoms with van der Waals surface area (Å²) < 4.78 is 12.0. The Hall–Kier alpha value is -1.82. The van der Waals surface area contributed by atoms with E-state index in [1.165, 1.54) is 6.33 Å². The summed E-state index contributed by atoms with van der Waals surface area (Å²) in [7, 11) is 0. The van der Waals surface area contributed by atoms with E-state index in [1.807, 2.05) is 32.0 Å². The summed E-state index contributed by atoms with van der Waals surface area (Å²) >= 11 is 3.40. The number of nitrogen functional groups attached to an aromatic ring is 1. The Morgan fingerprint density at radius 2 is 2.00 bits per heavy atom. The molecule has 2 N–H and O–H groups in total. The molecule has 19 heavy (non-hydrogen) atoms. The quantitative estimate of drug-likeness (QED) is 0.934. The van der Waals surface area contributed by atoms with Crippen molar-refractivity contribution in [1.29, 1.82) is 0 Å². The van der Waals surface area contributed by atoms with E-state index in [9.17, 15) is 0 Å². The molecule has 0 radical (unpaired) electrons. The van der Waals surface area contributed by atoms with Crippen LogP contribution in [0.5, 0.6) is 17.5 Å². The first-order valence-corrected chi connectivity index (χ1v) is 6.58. The van der Waals surface area contributed by atoms with E-state index in [2.05, 4.69) is 25.9 Å². The van der Waals surface area contributed by atoms with E-state index in [0.717, 1.165) is 10.0 Å². The zero-order valence-electron chi connectivity index (χ0n) is 10.7. The maximum Gasteiger partial charge on any atom is 0.249 e. The van der Waals surface area contributed by atoms with Crippen LogP contribution in [0.1, 0.15) is 12.5 Å². The van der Waals surface area contributed by atoms with Crippen molar-refractivity contribution in [2.24, 2.45) is 0 Å². The molecule has 0 aliphatic heterocycles. The SMILES string of the molecule is CCOc1ncnc(Oc2ccc(Br)cc2C)c1N. The monoisotopic (exact) mass is 323 g/mol. The fourth-order valence-electron chi connectivity index (χ4n) is 1.53. The van der Waals surface area contributed by atoms with E-state index < -0.39 is 0 Å². The van der Waals surface area contributed by atoms with E-state index >= 15 is 0 Å². The summed E-state index contributed by atoms with van der Waals surface area (Å²) in [4.78, 5) is 7.99. The summed E-state index contributed by atoms with van der Waals surface area (Å²) in [5.74, 6) is 1.32. The Labute approximate surface area is 119 Å². The highest BCUT2D eigenvalue weighted by atomic mass is 79.9. The molecule has 0 atom stereocenters. The molecule has 100 valence electrons. The van der Waals surface area contributed by atoms with Gasteiger partial charge in [-0.05, 0) is 37.6 Å². The second kappa shape index (κ2) is 5.88. The van der Waals surface area contributed by atoms with Gasteiger partial charge in [-0.25, -0.2) is 0 Å². The molecule has 1 aromatic heterocycles. The van der Waals surface area contributed by atoms with Gasteiger partial charge < -0.3 is 15.2 Å². The third kappa shape index (κ3) is 3.14. The lowest BCUT2D eigenvalue weighted by Crippen LogP contribution is -2.03. The smallest absolute Gasteiger partial charge is 0.249 e. The van der Waals surface area contributed by atoms with Crippen LogP contribution in [0, 0.1) is 6.92 Å². The van der Waals surface area contributed by atoms with Gasteiger partial charge in [0.1, 0.15) is 12.1 Å². The van der Waals surface area contributed by atoms with Crippen molar-refractivity contribution in [3.63, 3.8) is 0 Å². The number of nitrogens with two attached hydrogens (primary N) is 1. The number of anilines is 1. The molecule has 0 bridgehead atoms. The number of aromatic nitrogens is 2. The molecule has 0 aliphatic carbocycles. The maximum absolute atomic E-state index is 5.91. The first kappa shape index (κ1) is 13.6. The molecule has 0 saturated carbocycles. The molecule has 6 heteroatoms. The number of halogens is 1. The van der Waals surface area contributed by atoms with Crippen molar-refractivity contribution >= 4 is 21.6 Å². The van der Waals surface area contributed by atoms with Crippen LogP contribution in [-0.4, -0.2) is 16.6 Å². The normalized spacial score (nSPS) is 10.3. The maximum atomic E-state index is 5.91. The second-order valence-corrected chi connectivity index (χ2v) is 4.76. The van der Waals surface area contributed by atoms with Crippen LogP contribution < -0.4 is 15.2 Å². The third-order valence-corrected chi connectivity index (χ3v) is 2.93. The first-order chi connectivity index (χ1) is 9.11. The second-order valence-electron chi connectivity index (χ2n) is 3.84. The Kier molecular flexibility index (Phi) is 4.21. The molecule has 0 aliphatic rings. The number of rotatable bonds is 4. The van der Waals surface area contributed by atoms with Crippen LogP contribution >= 0.6 is 15.9 Å². The Balaban J connectivity index is 2.30. The van der Waals surface area contributed by atoms with Crippen molar-refractivity contribution in [2.45, 2.75) is 13.8 Å². The van der Waals surface area contributed by atoms with Crippen molar-refractivity contribution in [1.82, 2.24) is 9.97 Å². The Bertz CT molecular complexity index is 590. The highest BCUT2D eigenvalue weighted by Gasteiger charge is 2.12. The summed E-state index contributed by atoms with van der Waals surface area (Å²) in [5, 5.41) is 0. The van der Waals surface area contributed by atoms with Crippen LogP contribution in [0.3, 0.4) is 0 Å². The highest BCUT2D eigenvalue weighted by molar-refractivity contribution is 9.10. The van der Waals surface area contributed by atoms with Gasteiger partial charge in [-0.1, -0.05) is 15.9 Å². The summed E-state index contributed by atoms with van der Waals surface area (Å²) in [6.07, 6.45) is 1.37. The van der Waals surface area contributed by atoms with Crippen molar-refractivity contribution in [3.8, 4) is 17.5 Å². The minimum Gasteiger partial charge on any atom is -0.476 e. The van der Waals surface area contributed by atoms with E-state index in [1.54, 1.807) is 0 Å². The van der Waals surface area contributed by atoms with E-state index in [0.29, 0.717) is 29.8 Å². The van der Waals surface area contributed by atoms with Gasteiger partial charge in [-0.3, -0.25) is 0 Å². The van der Waals surface area contributed by atoms with Crippen LogP contribution in [0.15, 0.2) is 29.0 Å². The number of benzene rings is 1. The molecule has 5 nitrogen and oxygen atoms in total. The fourth-order valence-corrected chi connectivity index (χ4v) is 2.00. The lowest BCUT2D eigenvalue weighted by molar-refractivity contribution is 0.325. The topological polar surface area (TPSA) is 70.3 Å². The van der Waals surface area contributed by atoms with Crippen LogP contribution in [0.25, 0.3) is 0 Å². The molecular weight excluding hydrogens is 310 g/mol. The van der Waals surface area contributed by atoms with Crippen molar-refractivity contribution in [3.05, 3.63) is 34.6 Å². The third-order valence-electron chi connectivity index (χ3n) is 2.44. The molecule has 0 spiro atoms. The Morgan fingerprint density at radius 1 is 1.26 bits per heavy atom. The van der Waals surface area contributed by atoms with Gasteiger partial charge >= 0.3 is 0 Å². The first-order valence-electron chi connectivity index (χ1n) is 5.79. The fraction of sp³-hybridized carbons (Fsp3) is 0.231. The minimum absolute atomic E-state index is 0.295. The number of aryl methyl sites for hydroxylation is 1. The molecule has 2 aromatic rings. The molecule has 1 aromatic carbocycles. The average Bonchev–Trinajstić information content (AvgIpc) is 2.37. The van der Waals surface area contributed by atoms with Gasteiger partial charge in [0.2, 0.25) is 11.8 Å². The van der Waals surface area contributed by atoms with Crippen LogP contribution in [0.4, 0.5) is 5.69 Å². The predicted molar refractivity (Wildman–Crippen MR) is 76.6 cm³/mol. The van der Waals surface area contributed by atoms with Gasteiger partial charge in [0, 0.05) is 4.47 Å². The van der Waals surface area contributed by atoms with Gasteiger partial charge in [-0.2, -0.15) is 9.97 Å². The standard InChI is InChI=1S/C13H14BrN3O2/c1-3-18-12-11(15)13(17-7-16-12)19-10-5-4-9(14)6-8(10)2/h4-7H,3,15H2,1-2H3. The van der Waals surface area contributed by atoms with Crippen molar-refractivity contribution < 1.29 is 9.47 Å². The molecule has 0 unspecified atom stereocenters. The van der Waals surface area contributed by atoms with Gasteiger partial charge in [0.15, 0.2) is 5.69 Å². The molecule has 0 fully saturated rings. The van der Waals surface area contributed by atoms with Crippen LogP contribution in [-0.2, 0) is 0 Å². The predicted octanol–water partition coefficient (Wildman–Crippen LogP) is 3.32. The van der Waals surface area contributed by atoms with Gasteiger partial charge in [0.25, 0.3) is 0 Å². The molecule has 0 amide bonds. The van der Waals surface area contributed by atoms with E-state index in [4.69, 9.17) is 15.2 Å². The Morgan fingerprint density at radius 3 is 2.68 bits per heavy atom. The van der Waals surface area contributed by atoms with Crippen molar-refractivity contribution in [2.75, 3.05) is 12.3 Å². The number of nitrogens with zero attached hydrogens (tertiary/aromatic N) is 2. The number of ether oxygens (including phenoxy) is 2. The molecular formula is C13H14BrN3O2. The lowest BCUT2D eigenvalue weighted by atomic mass is 10.2. The largest absolute Gasteiger partial charge is 0.476 e. The van der Waals surface area contributed by atoms with Gasteiger partial charge in [0.05, 0.1) is 6.61 Å². The zero-order valence-corrected chi connectivity index (χ0v) is 12.3. The highest BCUT2D eigenvalue weighted by Crippen LogP contribution is 2.32. The average molecular weight is 324 g/mol. The summed E-state index contributed by atoms with van der Waals surface area (Å²) in [6, 6.07) is 5.70. The molecule has 2 rings (SSSR count). The summed E-state index contributed by atoms with van der Waals surface area (Å²) in [6.45, 7) is 4.29. The number of hydrogen-bond acceptors (Lipinski definition) is 5. The molecule has 1 heterocycles. The minimum atomic E-state index is 0.295. The number of hydrogen-bond donors (Lipinski definition) is 1. The van der Waals surface area contributed by atoms with Crippen LogP contribution in [0.2, 0.25) is 0 Å². The zero-order chi connectivity index (χ0) is 13.8. The van der Waals surface area contributed by atoms with Gasteiger partial charge in [-0.15, -0.1) is 0 Å².